The van der Waals surface area contributed by atoms with E-state index in [0.29, 0.717) is 17.5 Å². The highest BCUT2D eigenvalue weighted by Gasteiger charge is 2.41. The van der Waals surface area contributed by atoms with Gasteiger partial charge in [-0.3, -0.25) is 4.68 Å². The molecule has 2 atom stereocenters. The van der Waals surface area contributed by atoms with E-state index in [4.69, 9.17) is 12.2 Å². The summed E-state index contributed by atoms with van der Waals surface area (Å²) in [5, 5.41) is 4.74. The SMILES string of the molecule is C#CC1CC1n1ncc2c(C(C)C)nc(-c3cc(N)nc(C)c3C(F)(F)F)c(F)c21. The van der Waals surface area contributed by atoms with E-state index in [-0.39, 0.29) is 34.9 Å². The van der Waals surface area contributed by atoms with Gasteiger partial charge in [0.25, 0.3) is 0 Å². The molecule has 9 heteroatoms. The van der Waals surface area contributed by atoms with E-state index in [2.05, 4.69) is 21.0 Å². The minimum atomic E-state index is -4.76. The molecule has 1 fully saturated rings. The number of aromatic nitrogens is 4. The Morgan fingerprint density at radius 1 is 1.30 bits per heavy atom. The van der Waals surface area contributed by atoms with Crippen molar-refractivity contribution in [2.24, 2.45) is 5.92 Å². The van der Waals surface area contributed by atoms with Crippen LogP contribution >= 0.6 is 0 Å². The zero-order chi connectivity index (χ0) is 22.0. The molecule has 2 N–H and O–H groups in total. The Labute approximate surface area is 170 Å². The molecule has 3 aromatic heterocycles. The predicted molar refractivity (Wildman–Crippen MR) is 105 cm³/mol. The van der Waals surface area contributed by atoms with Crippen LogP contribution in [0.25, 0.3) is 22.2 Å². The molecular formula is C21H19F4N5. The number of anilines is 1. The lowest BCUT2D eigenvalue weighted by molar-refractivity contribution is -0.137. The Morgan fingerprint density at radius 2 is 2.00 bits per heavy atom. The van der Waals surface area contributed by atoms with E-state index >= 15 is 4.39 Å². The molecule has 4 rings (SSSR count). The molecule has 5 nitrogen and oxygen atoms in total. The Hall–Kier alpha value is -3.15. The van der Waals surface area contributed by atoms with Gasteiger partial charge in [-0.05, 0) is 25.3 Å². The van der Waals surface area contributed by atoms with Gasteiger partial charge >= 0.3 is 6.18 Å². The maximum absolute atomic E-state index is 15.7. The maximum atomic E-state index is 15.7. The molecule has 3 heterocycles. The molecule has 3 aromatic rings. The van der Waals surface area contributed by atoms with Crippen LogP contribution in [-0.2, 0) is 6.18 Å². The van der Waals surface area contributed by atoms with Crippen molar-refractivity contribution in [3.8, 4) is 23.6 Å². The summed E-state index contributed by atoms with van der Waals surface area (Å²) in [6.07, 6.45) is 2.84. The Balaban J connectivity index is 2.08. The van der Waals surface area contributed by atoms with Gasteiger partial charge in [0.15, 0.2) is 5.82 Å². The van der Waals surface area contributed by atoms with Crippen LogP contribution in [0.5, 0.6) is 0 Å². The number of nitrogens with zero attached hydrogens (tertiary/aromatic N) is 4. The highest BCUT2D eigenvalue weighted by molar-refractivity contribution is 5.87. The number of alkyl halides is 3. The second-order valence-electron chi connectivity index (χ2n) is 7.79. The topological polar surface area (TPSA) is 69.6 Å². The Bertz CT molecular complexity index is 1200. The largest absolute Gasteiger partial charge is 0.418 e. The summed E-state index contributed by atoms with van der Waals surface area (Å²) in [5.74, 6) is 1.32. The number of aryl methyl sites for hydroxylation is 1. The third-order valence-corrected chi connectivity index (χ3v) is 5.31. The quantitative estimate of drug-likeness (QED) is 0.488. The van der Waals surface area contributed by atoms with Crippen LogP contribution in [0.4, 0.5) is 23.4 Å². The van der Waals surface area contributed by atoms with Crippen molar-refractivity contribution in [3.63, 3.8) is 0 Å². The number of nitrogen functional groups attached to an aromatic ring is 1. The molecule has 1 aliphatic carbocycles. The lowest BCUT2D eigenvalue weighted by Crippen LogP contribution is -2.14. The summed E-state index contributed by atoms with van der Waals surface area (Å²) in [5.41, 5.74) is 4.00. The third-order valence-electron chi connectivity index (χ3n) is 5.31. The van der Waals surface area contributed by atoms with Crippen molar-refractivity contribution in [2.45, 2.75) is 45.3 Å². The van der Waals surface area contributed by atoms with Crippen molar-refractivity contribution in [2.75, 3.05) is 5.73 Å². The minimum Gasteiger partial charge on any atom is -0.384 e. The number of rotatable bonds is 3. The molecule has 2 unspecified atom stereocenters. The average Bonchev–Trinajstić information content (AvgIpc) is 3.29. The average molecular weight is 417 g/mol. The van der Waals surface area contributed by atoms with E-state index in [0.717, 1.165) is 6.07 Å². The van der Waals surface area contributed by atoms with E-state index in [1.165, 1.54) is 17.8 Å². The maximum Gasteiger partial charge on any atom is 0.418 e. The summed E-state index contributed by atoms with van der Waals surface area (Å²) < 4.78 is 58.7. The van der Waals surface area contributed by atoms with Gasteiger partial charge in [0.2, 0.25) is 0 Å². The monoisotopic (exact) mass is 417 g/mol. The lowest BCUT2D eigenvalue weighted by atomic mass is 9.99. The molecule has 0 bridgehead atoms. The van der Waals surface area contributed by atoms with Gasteiger partial charge in [-0.15, -0.1) is 12.3 Å². The number of nitrogens with two attached hydrogens (primary N) is 1. The third kappa shape index (κ3) is 3.07. The minimum absolute atomic E-state index is 0.0869. The van der Waals surface area contributed by atoms with Gasteiger partial charge in [-0.1, -0.05) is 13.8 Å². The molecule has 0 saturated heterocycles. The number of terminal acetylenes is 1. The molecule has 0 radical (unpaired) electrons. The zero-order valence-corrected chi connectivity index (χ0v) is 16.5. The van der Waals surface area contributed by atoms with Gasteiger partial charge in [0.1, 0.15) is 17.0 Å². The highest BCUT2D eigenvalue weighted by atomic mass is 19.4. The van der Waals surface area contributed by atoms with Crippen LogP contribution in [0, 0.1) is 31.0 Å². The number of halogens is 4. The standard InChI is InChI=1S/C21H19F4N5/c1-5-11-6-14(11)30-20-13(8-27-30)18(9(2)3)29-19(17(20)22)12-7-15(26)28-10(4)16(12)21(23,24)25/h1,7-9,11,14H,6H2,2-4H3,(H2,26,28). The van der Waals surface area contributed by atoms with Crippen LogP contribution in [0.2, 0.25) is 0 Å². The Kier molecular flexibility index (Phi) is 4.49. The first-order valence-corrected chi connectivity index (χ1v) is 9.42. The fraction of sp³-hybridized carbons (Fsp3) is 0.381. The number of hydrogen-bond acceptors (Lipinski definition) is 4. The van der Waals surface area contributed by atoms with Gasteiger partial charge in [0.05, 0.1) is 29.2 Å². The normalized spacial score (nSPS) is 18.8. The van der Waals surface area contributed by atoms with E-state index in [1.807, 2.05) is 13.8 Å². The van der Waals surface area contributed by atoms with Gasteiger partial charge in [-0.2, -0.15) is 18.3 Å². The smallest absolute Gasteiger partial charge is 0.384 e. The molecule has 0 spiro atoms. The van der Waals surface area contributed by atoms with Crippen LogP contribution in [0.3, 0.4) is 0 Å². The van der Waals surface area contributed by atoms with Crippen molar-refractivity contribution in [1.82, 2.24) is 19.7 Å². The Morgan fingerprint density at radius 3 is 2.57 bits per heavy atom. The lowest BCUT2D eigenvalue weighted by Gasteiger charge is -2.18. The van der Waals surface area contributed by atoms with Gasteiger partial charge < -0.3 is 5.73 Å². The summed E-state index contributed by atoms with van der Waals surface area (Å²) in [6, 6.07) is 0.822. The fourth-order valence-corrected chi connectivity index (χ4v) is 3.85. The molecule has 0 aromatic carbocycles. The van der Waals surface area contributed by atoms with Crippen molar-refractivity contribution in [3.05, 3.63) is 35.0 Å². The fourth-order valence-electron chi connectivity index (χ4n) is 3.85. The van der Waals surface area contributed by atoms with Crippen LogP contribution in [0.15, 0.2) is 12.3 Å². The second kappa shape index (κ2) is 6.69. The van der Waals surface area contributed by atoms with Crippen LogP contribution < -0.4 is 5.73 Å². The van der Waals surface area contributed by atoms with Crippen LogP contribution in [0.1, 0.15) is 49.2 Å². The molecule has 1 aliphatic rings. The van der Waals surface area contributed by atoms with E-state index < -0.39 is 28.8 Å². The molecular weight excluding hydrogens is 398 g/mol. The molecule has 0 amide bonds. The molecule has 0 aliphatic heterocycles. The van der Waals surface area contributed by atoms with Crippen LogP contribution in [-0.4, -0.2) is 19.7 Å². The molecule has 1 saturated carbocycles. The van der Waals surface area contributed by atoms with Gasteiger partial charge in [-0.25, -0.2) is 14.4 Å². The number of hydrogen-bond donors (Lipinski definition) is 1. The van der Waals surface area contributed by atoms with Crippen molar-refractivity contribution in [1.29, 1.82) is 0 Å². The summed E-state index contributed by atoms with van der Waals surface area (Å²) >= 11 is 0. The van der Waals surface area contributed by atoms with Crippen molar-refractivity contribution >= 4 is 16.7 Å². The summed E-state index contributed by atoms with van der Waals surface area (Å²) in [7, 11) is 0. The number of fused-ring (bicyclic) bond motifs is 1. The van der Waals surface area contributed by atoms with Gasteiger partial charge in [0, 0.05) is 16.9 Å². The molecule has 30 heavy (non-hydrogen) atoms. The molecule has 156 valence electrons. The van der Waals surface area contributed by atoms with E-state index in [1.54, 1.807) is 0 Å². The zero-order valence-electron chi connectivity index (χ0n) is 16.5. The summed E-state index contributed by atoms with van der Waals surface area (Å²) in [4.78, 5) is 8.02. The highest BCUT2D eigenvalue weighted by Crippen LogP contribution is 2.46. The first-order valence-electron chi connectivity index (χ1n) is 9.42. The second-order valence-corrected chi connectivity index (χ2v) is 7.79. The number of pyridine rings is 2. The first-order chi connectivity index (χ1) is 14.0. The van der Waals surface area contributed by atoms with Crippen molar-refractivity contribution < 1.29 is 17.6 Å². The van der Waals surface area contributed by atoms with E-state index in [9.17, 15) is 13.2 Å². The predicted octanol–water partition coefficient (Wildman–Crippen LogP) is 4.86. The first kappa shape index (κ1) is 20.1. The summed E-state index contributed by atoms with van der Waals surface area (Å²) in [6.45, 7) is 4.85.